The number of hydrogen-bond acceptors (Lipinski definition) is 4. The second-order valence-electron chi connectivity index (χ2n) is 6.96. The smallest absolute Gasteiger partial charge is 0.191 e. The maximum absolute atomic E-state index is 14.5. The summed E-state index contributed by atoms with van der Waals surface area (Å²) in [5.41, 5.74) is 1.52. The Kier molecular flexibility index (Phi) is 6.49. The summed E-state index contributed by atoms with van der Waals surface area (Å²) >= 11 is 0. The van der Waals surface area contributed by atoms with Gasteiger partial charge in [0.2, 0.25) is 0 Å². The van der Waals surface area contributed by atoms with Gasteiger partial charge >= 0.3 is 0 Å². The van der Waals surface area contributed by atoms with Crippen molar-refractivity contribution in [2.24, 2.45) is 4.99 Å². The number of benzene rings is 1. The zero-order valence-electron chi connectivity index (χ0n) is 17.2. The minimum absolute atomic E-state index is 0.0722. The molecule has 1 aliphatic heterocycles. The molecule has 152 valence electrons. The second kappa shape index (κ2) is 9.03. The molecule has 8 heteroatoms. The molecule has 0 saturated carbocycles. The average molecular weight is 388 g/mol. The minimum Gasteiger partial charge on any atom is -0.370 e. The lowest BCUT2D eigenvalue weighted by Gasteiger charge is -2.25. The summed E-state index contributed by atoms with van der Waals surface area (Å²) in [5.74, 6) is 2.21. The molecule has 0 amide bonds. The summed E-state index contributed by atoms with van der Waals surface area (Å²) in [7, 11) is 1.73. The fraction of sp³-hybridized carbons (Fsp3) is 0.550. The molecule has 2 heterocycles. The van der Waals surface area contributed by atoms with Gasteiger partial charge in [-0.3, -0.25) is 4.99 Å². The summed E-state index contributed by atoms with van der Waals surface area (Å²) in [5, 5.41) is 11.1. The lowest BCUT2D eigenvalue weighted by atomic mass is 10.1. The van der Waals surface area contributed by atoms with Crippen LogP contribution in [0.15, 0.2) is 23.2 Å². The molecule has 0 bridgehead atoms. The largest absolute Gasteiger partial charge is 0.370 e. The standard InChI is InChI=1S/C20H30FN7/c1-5-27(6-2)18-10-9-15(12-16(18)21)13-23-20(22-4)25-17-8-7-11-28-19(17)24-14(3)26-28/h9-10,12,17H,5-8,11,13H2,1-4H3,(H2,22,23,25). The maximum atomic E-state index is 14.5. The summed E-state index contributed by atoms with van der Waals surface area (Å²) in [6, 6.07) is 5.47. The molecule has 0 radical (unpaired) electrons. The third-order valence-electron chi connectivity index (χ3n) is 5.09. The molecule has 1 aromatic heterocycles. The van der Waals surface area contributed by atoms with Crippen LogP contribution in [0.25, 0.3) is 0 Å². The Hall–Kier alpha value is -2.64. The lowest BCUT2D eigenvalue weighted by Crippen LogP contribution is -2.41. The van der Waals surface area contributed by atoms with E-state index in [1.807, 2.05) is 42.5 Å². The first kappa shape index (κ1) is 20.1. The van der Waals surface area contributed by atoms with E-state index in [1.165, 1.54) is 0 Å². The highest BCUT2D eigenvalue weighted by molar-refractivity contribution is 5.80. The topological polar surface area (TPSA) is 70.4 Å². The number of halogens is 1. The Bertz CT molecular complexity index is 826. The molecule has 0 fully saturated rings. The Balaban J connectivity index is 1.63. The molecule has 1 aromatic carbocycles. The third-order valence-corrected chi connectivity index (χ3v) is 5.09. The van der Waals surface area contributed by atoms with Crippen molar-refractivity contribution >= 4 is 11.6 Å². The van der Waals surface area contributed by atoms with E-state index in [0.29, 0.717) is 18.2 Å². The van der Waals surface area contributed by atoms with E-state index in [9.17, 15) is 4.39 Å². The van der Waals surface area contributed by atoms with E-state index < -0.39 is 0 Å². The molecule has 0 spiro atoms. The van der Waals surface area contributed by atoms with Crippen LogP contribution in [0.5, 0.6) is 0 Å². The van der Waals surface area contributed by atoms with Crippen molar-refractivity contribution < 1.29 is 4.39 Å². The highest BCUT2D eigenvalue weighted by Crippen LogP contribution is 2.23. The van der Waals surface area contributed by atoms with Crippen molar-refractivity contribution in [3.63, 3.8) is 0 Å². The van der Waals surface area contributed by atoms with Crippen LogP contribution in [-0.2, 0) is 13.1 Å². The quantitative estimate of drug-likeness (QED) is 0.589. The monoisotopic (exact) mass is 387 g/mol. The van der Waals surface area contributed by atoms with Crippen molar-refractivity contribution in [2.75, 3.05) is 25.0 Å². The van der Waals surface area contributed by atoms with Gasteiger partial charge in [0.15, 0.2) is 5.96 Å². The Morgan fingerprint density at radius 1 is 1.36 bits per heavy atom. The molecule has 0 saturated heterocycles. The van der Waals surface area contributed by atoms with Crippen molar-refractivity contribution in [1.82, 2.24) is 25.4 Å². The van der Waals surface area contributed by atoms with Gasteiger partial charge in [-0.15, -0.1) is 0 Å². The van der Waals surface area contributed by atoms with Crippen LogP contribution in [0.3, 0.4) is 0 Å². The summed E-state index contributed by atoms with van der Waals surface area (Å²) < 4.78 is 16.5. The number of aryl methyl sites for hydroxylation is 2. The van der Waals surface area contributed by atoms with Crippen molar-refractivity contribution in [2.45, 2.75) is 52.7 Å². The number of anilines is 1. The lowest BCUT2D eigenvalue weighted by molar-refractivity contribution is 0.397. The van der Waals surface area contributed by atoms with E-state index in [-0.39, 0.29) is 11.9 Å². The molecule has 7 nitrogen and oxygen atoms in total. The zero-order valence-corrected chi connectivity index (χ0v) is 17.2. The van der Waals surface area contributed by atoms with Gasteiger partial charge in [0.05, 0.1) is 11.7 Å². The fourth-order valence-corrected chi connectivity index (χ4v) is 3.63. The highest BCUT2D eigenvalue weighted by Gasteiger charge is 2.24. The van der Waals surface area contributed by atoms with Crippen molar-refractivity contribution in [1.29, 1.82) is 0 Å². The molecule has 2 N–H and O–H groups in total. The first-order chi connectivity index (χ1) is 13.5. The minimum atomic E-state index is -0.193. The van der Waals surface area contributed by atoms with Gasteiger partial charge in [-0.25, -0.2) is 14.1 Å². The summed E-state index contributed by atoms with van der Waals surface area (Å²) in [6.45, 7) is 8.93. The molecular formula is C20H30FN7. The summed E-state index contributed by atoms with van der Waals surface area (Å²) in [4.78, 5) is 10.9. The molecule has 1 unspecified atom stereocenters. The average Bonchev–Trinajstić information content (AvgIpc) is 3.08. The highest BCUT2D eigenvalue weighted by atomic mass is 19.1. The first-order valence-corrected chi connectivity index (χ1v) is 9.97. The predicted octanol–water partition coefficient (Wildman–Crippen LogP) is 2.77. The number of nitrogens with one attached hydrogen (secondary N) is 2. The van der Waals surface area contributed by atoms with Crippen LogP contribution in [0.4, 0.5) is 10.1 Å². The number of guanidine groups is 1. The SMILES string of the molecule is CCN(CC)c1ccc(CNC(=NC)NC2CCCn3nc(C)nc32)cc1F. The van der Waals surface area contributed by atoms with E-state index in [1.54, 1.807) is 13.1 Å². The summed E-state index contributed by atoms with van der Waals surface area (Å²) in [6.07, 6.45) is 2.02. The van der Waals surface area contributed by atoms with Crippen LogP contribution in [0, 0.1) is 12.7 Å². The van der Waals surface area contributed by atoms with Gasteiger partial charge in [0, 0.05) is 33.2 Å². The van der Waals surface area contributed by atoms with Crippen LogP contribution >= 0.6 is 0 Å². The van der Waals surface area contributed by atoms with Crippen LogP contribution in [0.1, 0.15) is 49.9 Å². The number of fused-ring (bicyclic) bond motifs is 1. The normalized spacial score (nSPS) is 16.6. The number of rotatable bonds is 6. The van der Waals surface area contributed by atoms with Gasteiger partial charge in [0.25, 0.3) is 0 Å². The number of nitrogens with zero attached hydrogens (tertiary/aromatic N) is 5. The van der Waals surface area contributed by atoms with Gasteiger partial charge in [0.1, 0.15) is 17.5 Å². The predicted molar refractivity (Wildman–Crippen MR) is 110 cm³/mol. The third kappa shape index (κ3) is 4.43. The van der Waals surface area contributed by atoms with Gasteiger partial charge in [-0.05, 0) is 51.3 Å². The number of hydrogen-bond donors (Lipinski definition) is 2. The molecule has 3 rings (SSSR count). The van der Waals surface area contributed by atoms with Gasteiger partial charge < -0.3 is 15.5 Å². The zero-order chi connectivity index (χ0) is 20.1. The number of aromatic nitrogens is 3. The van der Waals surface area contributed by atoms with Gasteiger partial charge in [-0.1, -0.05) is 6.07 Å². The first-order valence-electron chi connectivity index (χ1n) is 9.97. The van der Waals surface area contributed by atoms with Crippen LogP contribution < -0.4 is 15.5 Å². The van der Waals surface area contributed by atoms with E-state index >= 15 is 0 Å². The molecule has 0 aliphatic carbocycles. The molecule has 2 aromatic rings. The Morgan fingerprint density at radius 3 is 2.82 bits per heavy atom. The molecular weight excluding hydrogens is 357 g/mol. The van der Waals surface area contributed by atoms with Crippen LogP contribution in [-0.4, -0.2) is 40.9 Å². The number of aliphatic imine (C=N–C) groups is 1. The maximum Gasteiger partial charge on any atom is 0.191 e. The van der Waals surface area contributed by atoms with E-state index in [4.69, 9.17) is 0 Å². The molecule has 28 heavy (non-hydrogen) atoms. The van der Waals surface area contributed by atoms with Crippen LogP contribution in [0.2, 0.25) is 0 Å². The molecule has 1 aliphatic rings. The van der Waals surface area contributed by atoms with E-state index in [2.05, 4.69) is 25.7 Å². The Morgan fingerprint density at radius 2 is 2.14 bits per heavy atom. The van der Waals surface area contributed by atoms with Gasteiger partial charge in [-0.2, -0.15) is 5.10 Å². The second-order valence-corrected chi connectivity index (χ2v) is 6.96. The molecule has 1 atom stereocenters. The van der Waals surface area contributed by atoms with E-state index in [0.717, 1.165) is 49.7 Å². The Labute approximate surface area is 166 Å². The fourth-order valence-electron chi connectivity index (χ4n) is 3.63. The van der Waals surface area contributed by atoms with Crippen molar-refractivity contribution in [3.8, 4) is 0 Å². The van der Waals surface area contributed by atoms with Crippen molar-refractivity contribution in [3.05, 3.63) is 41.2 Å².